The molecule has 1 aliphatic heterocycles. The number of carbonyl (C=O) groups excluding carboxylic acids is 1. The first kappa shape index (κ1) is 13.7. The summed E-state index contributed by atoms with van der Waals surface area (Å²) in [5.74, 6) is 0.208. The highest BCUT2D eigenvalue weighted by Crippen LogP contribution is 2.50. The number of carbonyl (C=O) groups is 1. The second kappa shape index (κ2) is 4.46. The minimum absolute atomic E-state index is 0.208. The van der Waals surface area contributed by atoms with E-state index in [0.29, 0.717) is 4.99 Å². The van der Waals surface area contributed by atoms with Crippen molar-refractivity contribution in [1.29, 1.82) is 0 Å². The van der Waals surface area contributed by atoms with Crippen LogP contribution in [0.2, 0.25) is 0 Å². The minimum atomic E-state index is -0.404. The number of piperazine rings is 1. The Morgan fingerprint density at radius 1 is 1.39 bits per heavy atom. The number of amides is 1. The summed E-state index contributed by atoms with van der Waals surface area (Å²) in [6.45, 7) is 6.72. The summed E-state index contributed by atoms with van der Waals surface area (Å²) in [6.07, 6.45) is 3.18. The van der Waals surface area contributed by atoms with E-state index < -0.39 is 5.54 Å². The fraction of sp³-hybridized carbons (Fsp3) is 0.846. The third-order valence-electron chi connectivity index (χ3n) is 4.40. The molecule has 1 amide bonds. The molecule has 0 aromatic rings. The van der Waals surface area contributed by atoms with Crippen LogP contribution >= 0.6 is 12.2 Å². The van der Waals surface area contributed by atoms with E-state index in [0.717, 1.165) is 26.1 Å². The molecule has 0 atom stereocenters. The van der Waals surface area contributed by atoms with Gasteiger partial charge in [-0.2, -0.15) is 0 Å². The van der Waals surface area contributed by atoms with Gasteiger partial charge in [0.2, 0.25) is 5.91 Å². The lowest BCUT2D eigenvalue weighted by molar-refractivity contribution is -0.147. The van der Waals surface area contributed by atoms with Crippen LogP contribution in [0.4, 0.5) is 0 Å². The first-order valence-electron chi connectivity index (χ1n) is 6.56. The summed E-state index contributed by atoms with van der Waals surface area (Å²) in [4.78, 5) is 17.0. The molecule has 1 heterocycles. The average molecular weight is 269 g/mol. The standard InChI is InChI=1S/C13H23N3OS/c1-12(2)11(17)15(3)6-7-16(12)9-13(4-5-13)8-10(14)18/h4-9H2,1-3H3,(H2,14,18). The maximum atomic E-state index is 12.2. The molecule has 0 unspecified atom stereocenters. The summed E-state index contributed by atoms with van der Waals surface area (Å²) < 4.78 is 0. The second-order valence-electron chi connectivity index (χ2n) is 6.35. The van der Waals surface area contributed by atoms with Crippen molar-refractivity contribution >= 4 is 23.1 Å². The zero-order chi connectivity index (χ0) is 13.6. The van der Waals surface area contributed by atoms with Gasteiger partial charge < -0.3 is 10.6 Å². The van der Waals surface area contributed by atoms with Crippen LogP contribution in [0.5, 0.6) is 0 Å². The van der Waals surface area contributed by atoms with E-state index in [1.807, 2.05) is 25.8 Å². The van der Waals surface area contributed by atoms with Gasteiger partial charge in [-0.1, -0.05) is 12.2 Å². The van der Waals surface area contributed by atoms with Gasteiger partial charge >= 0.3 is 0 Å². The Hall–Kier alpha value is -0.680. The summed E-state index contributed by atoms with van der Waals surface area (Å²) in [7, 11) is 1.88. The number of likely N-dealkylation sites (N-methyl/N-ethyl adjacent to an activating group) is 1. The number of hydrogen-bond donors (Lipinski definition) is 1. The molecule has 18 heavy (non-hydrogen) atoms. The first-order valence-corrected chi connectivity index (χ1v) is 6.97. The molecule has 2 rings (SSSR count). The lowest BCUT2D eigenvalue weighted by Gasteiger charge is -2.46. The molecule has 1 saturated carbocycles. The van der Waals surface area contributed by atoms with Crippen LogP contribution in [0.25, 0.3) is 0 Å². The third kappa shape index (κ3) is 2.52. The number of hydrogen-bond acceptors (Lipinski definition) is 3. The van der Waals surface area contributed by atoms with E-state index in [4.69, 9.17) is 18.0 Å². The summed E-state index contributed by atoms with van der Waals surface area (Å²) in [5, 5.41) is 0. The zero-order valence-electron chi connectivity index (χ0n) is 11.5. The molecule has 2 fully saturated rings. The molecule has 0 radical (unpaired) electrons. The van der Waals surface area contributed by atoms with Crippen molar-refractivity contribution in [3.63, 3.8) is 0 Å². The smallest absolute Gasteiger partial charge is 0.242 e. The molecule has 1 saturated heterocycles. The van der Waals surface area contributed by atoms with Crippen molar-refractivity contribution in [2.75, 3.05) is 26.7 Å². The Kier molecular flexibility index (Phi) is 3.40. The van der Waals surface area contributed by atoms with Gasteiger partial charge in [-0.3, -0.25) is 9.69 Å². The van der Waals surface area contributed by atoms with Gasteiger partial charge in [-0.25, -0.2) is 0 Å². The van der Waals surface area contributed by atoms with Crippen LogP contribution in [-0.4, -0.2) is 52.9 Å². The van der Waals surface area contributed by atoms with Gasteiger partial charge in [0.25, 0.3) is 0 Å². The van der Waals surface area contributed by atoms with Gasteiger partial charge in [0.15, 0.2) is 0 Å². The normalized spacial score (nSPS) is 26.2. The lowest BCUT2D eigenvalue weighted by Crippen LogP contribution is -2.63. The first-order chi connectivity index (χ1) is 8.27. The van der Waals surface area contributed by atoms with Crippen molar-refractivity contribution in [2.45, 2.75) is 38.6 Å². The van der Waals surface area contributed by atoms with Crippen LogP contribution in [0.1, 0.15) is 33.1 Å². The number of nitrogens with two attached hydrogens (primary N) is 1. The van der Waals surface area contributed by atoms with E-state index in [9.17, 15) is 4.79 Å². The largest absolute Gasteiger partial charge is 0.393 e. The molecule has 0 bridgehead atoms. The predicted molar refractivity (Wildman–Crippen MR) is 76.4 cm³/mol. The Balaban J connectivity index is 2.05. The molecular weight excluding hydrogens is 246 g/mol. The minimum Gasteiger partial charge on any atom is -0.393 e. The van der Waals surface area contributed by atoms with Crippen LogP contribution in [0.15, 0.2) is 0 Å². The van der Waals surface area contributed by atoms with Crippen molar-refractivity contribution in [3.05, 3.63) is 0 Å². The van der Waals surface area contributed by atoms with Gasteiger partial charge in [0.1, 0.15) is 0 Å². The molecule has 2 aliphatic rings. The average Bonchev–Trinajstić information content (AvgIpc) is 2.99. The summed E-state index contributed by atoms with van der Waals surface area (Å²) in [6, 6.07) is 0. The fourth-order valence-electron chi connectivity index (χ4n) is 2.87. The molecule has 2 N–H and O–H groups in total. The zero-order valence-corrected chi connectivity index (χ0v) is 12.3. The summed E-state index contributed by atoms with van der Waals surface area (Å²) >= 11 is 5.03. The van der Waals surface area contributed by atoms with Crippen molar-refractivity contribution in [3.8, 4) is 0 Å². The maximum absolute atomic E-state index is 12.2. The molecule has 0 aromatic carbocycles. The van der Waals surface area contributed by atoms with Crippen LogP contribution in [-0.2, 0) is 4.79 Å². The van der Waals surface area contributed by atoms with Gasteiger partial charge in [-0.15, -0.1) is 0 Å². The monoisotopic (exact) mass is 269 g/mol. The topological polar surface area (TPSA) is 49.6 Å². The Morgan fingerprint density at radius 3 is 2.50 bits per heavy atom. The lowest BCUT2D eigenvalue weighted by atomic mass is 9.93. The maximum Gasteiger partial charge on any atom is 0.242 e. The van der Waals surface area contributed by atoms with E-state index in [2.05, 4.69) is 4.90 Å². The van der Waals surface area contributed by atoms with Crippen molar-refractivity contribution in [1.82, 2.24) is 9.80 Å². The quantitative estimate of drug-likeness (QED) is 0.774. The van der Waals surface area contributed by atoms with Gasteiger partial charge in [-0.05, 0) is 32.1 Å². The molecule has 0 aromatic heterocycles. The highest BCUT2D eigenvalue weighted by molar-refractivity contribution is 7.80. The van der Waals surface area contributed by atoms with Crippen molar-refractivity contribution in [2.24, 2.45) is 11.1 Å². The van der Waals surface area contributed by atoms with E-state index in [1.165, 1.54) is 12.8 Å². The fourth-order valence-corrected chi connectivity index (χ4v) is 3.18. The number of thiocarbonyl (C=S) groups is 1. The van der Waals surface area contributed by atoms with E-state index in [-0.39, 0.29) is 11.3 Å². The van der Waals surface area contributed by atoms with Crippen LogP contribution in [0, 0.1) is 5.41 Å². The highest BCUT2D eigenvalue weighted by Gasteiger charge is 2.49. The van der Waals surface area contributed by atoms with Gasteiger partial charge in [0, 0.05) is 33.1 Å². The Morgan fingerprint density at radius 2 is 2.00 bits per heavy atom. The third-order valence-corrected chi connectivity index (χ3v) is 4.54. The predicted octanol–water partition coefficient (Wildman–Crippen LogP) is 0.995. The molecule has 5 heteroatoms. The van der Waals surface area contributed by atoms with Crippen molar-refractivity contribution < 1.29 is 4.79 Å². The van der Waals surface area contributed by atoms with E-state index in [1.54, 1.807) is 0 Å². The SMILES string of the molecule is CN1CCN(CC2(CC(N)=S)CC2)C(C)(C)C1=O. The Bertz CT molecular complexity index is 376. The van der Waals surface area contributed by atoms with Gasteiger partial charge in [0.05, 0.1) is 10.5 Å². The van der Waals surface area contributed by atoms with Crippen LogP contribution < -0.4 is 5.73 Å². The molecule has 102 valence electrons. The molecule has 0 spiro atoms. The van der Waals surface area contributed by atoms with E-state index >= 15 is 0 Å². The number of nitrogens with zero attached hydrogens (tertiary/aromatic N) is 2. The summed E-state index contributed by atoms with van der Waals surface area (Å²) in [5.41, 5.74) is 5.52. The molecule has 1 aliphatic carbocycles. The molecule has 4 nitrogen and oxygen atoms in total. The van der Waals surface area contributed by atoms with Crippen LogP contribution in [0.3, 0.4) is 0 Å². The number of rotatable bonds is 4. The molecular formula is C13H23N3OS. The highest BCUT2D eigenvalue weighted by atomic mass is 32.1. The Labute approximate surface area is 114 Å². The second-order valence-corrected chi connectivity index (χ2v) is 6.87.